The van der Waals surface area contributed by atoms with Gasteiger partial charge in [0.25, 0.3) is 7.82 Å². The topological polar surface area (TPSA) is 108 Å². The summed E-state index contributed by atoms with van der Waals surface area (Å²) in [4.78, 5) is 25.5. The number of quaternary nitrogens is 1. The SMILES string of the molecule is CCCCCCCCC/C=C/CC/C=C/CC/C=C/C(O)C(COP(=O)([O-])OCC[N+](C)(C)C)NC(=O)CCCCCCCCCCCCCCCCCCC/C=C\C/C=C\CCCCCCCCCCCCC. The van der Waals surface area contributed by atoms with E-state index in [1.165, 1.54) is 225 Å². The summed E-state index contributed by atoms with van der Waals surface area (Å²) in [6, 6.07) is -0.911. The highest BCUT2D eigenvalue weighted by Gasteiger charge is 2.23. The Bertz CT molecular complexity index is 1390. The number of hydrogen-bond acceptors (Lipinski definition) is 6. The second kappa shape index (κ2) is 55.9. The molecule has 0 aliphatic rings. The molecule has 3 atom stereocenters. The summed E-state index contributed by atoms with van der Waals surface area (Å²) in [6.07, 6.45) is 76.2. The number of unbranched alkanes of at least 4 members (excludes halogenated alkanes) is 37. The number of phosphoric acid groups is 1. The van der Waals surface area contributed by atoms with Gasteiger partial charge in [-0.15, -0.1) is 0 Å². The number of phosphoric ester groups is 1. The van der Waals surface area contributed by atoms with Crippen LogP contribution in [0.2, 0.25) is 0 Å². The van der Waals surface area contributed by atoms with Gasteiger partial charge in [0.15, 0.2) is 0 Å². The molecule has 2 N–H and O–H groups in total. The molecule has 74 heavy (non-hydrogen) atoms. The monoisotopic (exact) mass is 1060 g/mol. The van der Waals surface area contributed by atoms with Gasteiger partial charge in [-0.25, -0.2) is 0 Å². The van der Waals surface area contributed by atoms with Crippen molar-refractivity contribution in [3.63, 3.8) is 0 Å². The molecule has 434 valence electrons. The van der Waals surface area contributed by atoms with E-state index >= 15 is 0 Å². The fraction of sp³-hybridized carbons (Fsp3) is 0.831. The van der Waals surface area contributed by atoms with E-state index in [1.54, 1.807) is 6.08 Å². The second-order valence-electron chi connectivity index (χ2n) is 22.7. The van der Waals surface area contributed by atoms with Crippen LogP contribution < -0.4 is 10.2 Å². The summed E-state index contributed by atoms with van der Waals surface area (Å²) in [6.45, 7) is 4.64. The van der Waals surface area contributed by atoms with Gasteiger partial charge in [-0.3, -0.25) is 9.36 Å². The molecule has 0 spiro atoms. The number of nitrogens with one attached hydrogen (secondary N) is 1. The molecule has 0 aromatic carbocycles. The van der Waals surface area contributed by atoms with Gasteiger partial charge >= 0.3 is 0 Å². The Labute approximate surface area is 460 Å². The molecule has 0 rings (SSSR count). The minimum absolute atomic E-state index is 0.00961. The first-order valence-corrected chi connectivity index (χ1v) is 33.1. The number of aliphatic hydroxyl groups excluding tert-OH is 1. The van der Waals surface area contributed by atoms with Crippen LogP contribution in [0.1, 0.15) is 296 Å². The third-order valence-corrected chi connectivity index (χ3v) is 15.1. The lowest BCUT2D eigenvalue weighted by atomic mass is 10.0. The summed E-state index contributed by atoms with van der Waals surface area (Å²) >= 11 is 0. The van der Waals surface area contributed by atoms with Crippen LogP contribution in [0.25, 0.3) is 0 Å². The van der Waals surface area contributed by atoms with Crippen LogP contribution in [0.4, 0.5) is 0 Å². The third-order valence-electron chi connectivity index (χ3n) is 14.2. The number of amides is 1. The number of likely N-dealkylation sites (N-methyl/N-ethyl adjacent to an activating group) is 1. The van der Waals surface area contributed by atoms with Gasteiger partial charge in [0.05, 0.1) is 39.9 Å². The van der Waals surface area contributed by atoms with Crippen molar-refractivity contribution >= 4 is 13.7 Å². The Morgan fingerprint density at radius 1 is 0.473 bits per heavy atom. The third kappa shape index (κ3) is 57.9. The van der Waals surface area contributed by atoms with Crippen molar-refractivity contribution in [2.75, 3.05) is 40.9 Å². The molecule has 0 aliphatic heterocycles. The quantitative estimate of drug-likeness (QED) is 0.0272. The van der Waals surface area contributed by atoms with E-state index in [-0.39, 0.29) is 12.5 Å². The van der Waals surface area contributed by atoms with Crippen LogP contribution in [0, 0.1) is 0 Å². The molecule has 8 nitrogen and oxygen atoms in total. The van der Waals surface area contributed by atoms with Crippen molar-refractivity contribution in [2.24, 2.45) is 0 Å². The highest BCUT2D eigenvalue weighted by Crippen LogP contribution is 2.38. The first kappa shape index (κ1) is 72.2. The maximum Gasteiger partial charge on any atom is 0.268 e. The van der Waals surface area contributed by atoms with Gasteiger partial charge < -0.3 is 28.8 Å². The largest absolute Gasteiger partial charge is 0.756 e. The van der Waals surface area contributed by atoms with Crippen molar-refractivity contribution < 1.29 is 32.9 Å². The van der Waals surface area contributed by atoms with Crippen LogP contribution in [0.3, 0.4) is 0 Å². The van der Waals surface area contributed by atoms with Crippen molar-refractivity contribution in [2.45, 2.75) is 309 Å². The predicted octanol–water partition coefficient (Wildman–Crippen LogP) is 19.0. The molecule has 0 fully saturated rings. The van der Waals surface area contributed by atoms with Crippen LogP contribution in [0.5, 0.6) is 0 Å². The van der Waals surface area contributed by atoms with Gasteiger partial charge in [-0.2, -0.15) is 0 Å². The lowest BCUT2D eigenvalue weighted by Crippen LogP contribution is -2.45. The fourth-order valence-corrected chi connectivity index (χ4v) is 9.94. The van der Waals surface area contributed by atoms with E-state index < -0.39 is 26.6 Å². The van der Waals surface area contributed by atoms with Gasteiger partial charge in [0, 0.05) is 6.42 Å². The zero-order valence-corrected chi connectivity index (χ0v) is 50.4. The summed E-state index contributed by atoms with van der Waals surface area (Å²) in [5, 5.41) is 13.9. The van der Waals surface area contributed by atoms with E-state index in [1.807, 2.05) is 27.2 Å². The lowest BCUT2D eigenvalue weighted by Gasteiger charge is -2.29. The Balaban J connectivity index is 4.06. The van der Waals surface area contributed by atoms with Crippen LogP contribution >= 0.6 is 7.82 Å². The number of aliphatic hydroxyl groups is 1. The molecule has 0 aliphatic carbocycles. The Morgan fingerprint density at radius 2 is 0.797 bits per heavy atom. The molecule has 0 aromatic rings. The number of allylic oxidation sites excluding steroid dienone is 9. The second-order valence-corrected chi connectivity index (χ2v) is 24.2. The minimum Gasteiger partial charge on any atom is -0.756 e. The first-order chi connectivity index (χ1) is 36.0. The smallest absolute Gasteiger partial charge is 0.268 e. The van der Waals surface area contributed by atoms with Gasteiger partial charge in [0.1, 0.15) is 13.2 Å². The molecule has 0 aromatic heterocycles. The number of carbonyl (C=O) groups excluding carboxylic acids is 1. The van der Waals surface area contributed by atoms with Crippen LogP contribution in [0.15, 0.2) is 60.8 Å². The Morgan fingerprint density at radius 3 is 1.18 bits per heavy atom. The highest BCUT2D eigenvalue weighted by molar-refractivity contribution is 7.45. The van der Waals surface area contributed by atoms with Gasteiger partial charge in [-0.1, -0.05) is 274 Å². The average molecular weight is 1060 g/mol. The van der Waals surface area contributed by atoms with E-state index in [0.29, 0.717) is 17.4 Å². The van der Waals surface area contributed by atoms with E-state index in [0.717, 1.165) is 51.4 Å². The Kier molecular flexibility index (Phi) is 54.6. The average Bonchev–Trinajstić information content (AvgIpc) is 3.36. The van der Waals surface area contributed by atoms with Crippen LogP contribution in [-0.4, -0.2) is 68.5 Å². The molecular formula is C65H123N2O6P. The minimum atomic E-state index is -4.61. The van der Waals surface area contributed by atoms with E-state index in [4.69, 9.17) is 9.05 Å². The van der Waals surface area contributed by atoms with Gasteiger partial charge in [-0.05, 0) is 77.0 Å². The van der Waals surface area contributed by atoms with Crippen molar-refractivity contribution in [1.82, 2.24) is 5.32 Å². The summed E-state index contributed by atoms with van der Waals surface area (Å²) < 4.78 is 23.3. The zero-order valence-electron chi connectivity index (χ0n) is 49.5. The molecule has 0 saturated heterocycles. The van der Waals surface area contributed by atoms with Crippen LogP contribution in [-0.2, 0) is 18.4 Å². The van der Waals surface area contributed by atoms with E-state index in [9.17, 15) is 19.4 Å². The molecule has 1 amide bonds. The fourth-order valence-electron chi connectivity index (χ4n) is 9.22. The number of rotatable bonds is 58. The molecule has 0 radical (unpaired) electrons. The predicted molar refractivity (Wildman–Crippen MR) is 321 cm³/mol. The maximum atomic E-state index is 13.0. The first-order valence-electron chi connectivity index (χ1n) is 31.7. The maximum absolute atomic E-state index is 13.0. The molecule has 0 saturated carbocycles. The summed E-state index contributed by atoms with van der Waals surface area (Å²) in [5.74, 6) is -0.209. The zero-order chi connectivity index (χ0) is 54.2. The number of carbonyl (C=O) groups is 1. The molecule has 9 heteroatoms. The van der Waals surface area contributed by atoms with Crippen molar-refractivity contribution in [3.8, 4) is 0 Å². The lowest BCUT2D eigenvalue weighted by molar-refractivity contribution is -0.870. The summed E-state index contributed by atoms with van der Waals surface area (Å²) in [5.41, 5.74) is 0. The van der Waals surface area contributed by atoms with Crippen molar-refractivity contribution in [3.05, 3.63) is 60.8 Å². The van der Waals surface area contributed by atoms with Gasteiger partial charge in [0.2, 0.25) is 5.91 Å². The molecule has 3 unspecified atom stereocenters. The number of nitrogens with zero attached hydrogens (tertiary/aromatic N) is 1. The van der Waals surface area contributed by atoms with Crippen molar-refractivity contribution in [1.29, 1.82) is 0 Å². The molecule has 0 bridgehead atoms. The Hall–Kier alpha value is -1.80. The molecule has 0 heterocycles. The van der Waals surface area contributed by atoms with E-state index in [2.05, 4.69) is 67.8 Å². The highest BCUT2D eigenvalue weighted by atomic mass is 31.2. The molecular weight excluding hydrogens is 936 g/mol. The standard InChI is InChI=1S/C65H123N2O6P/c1-6-8-10-12-14-16-18-20-22-24-25-26-27-28-29-30-31-32-33-34-35-36-37-38-39-40-41-43-45-47-49-51-53-55-57-59-65(69)66-63(62-73-74(70,71)72-61-60-67(3,4)5)64(68)58-56-54-52-50-48-46-44-42-23-21-19-17-15-13-11-9-7-2/h23,27-28,30-31,42,48,50,56,58,63-64,68H,6-22,24-26,29,32-41,43-47,49,51-55,57,59-62H2,1-5H3,(H-,66,69,70,71)/b28-27-,31-30-,42-23+,50-48+,58-56+. The summed E-state index contributed by atoms with van der Waals surface area (Å²) in [7, 11) is 1.24. The number of hydrogen-bond donors (Lipinski definition) is 2. The normalized spacial score (nSPS) is 14.2.